The average Bonchev–Trinajstić information content (AvgIpc) is 2.97. The van der Waals surface area contributed by atoms with Gasteiger partial charge in [0.2, 0.25) is 0 Å². The number of rotatable bonds is 5. The maximum absolute atomic E-state index is 13.1. The first kappa shape index (κ1) is 17.9. The summed E-state index contributed by atoms with van der Waals surface area (Å²) in [6.45, 7) is 1.74. The Labute approximate surface area is 158 Å². The number of nitrogens with one attached hydrogen (secondary N) is 1. The fourth-order valence-corrected chi connectivity index (χ4v) is 4.16. The van der Waals surface area contributed by atoms with Crippen molar-refractivity contribution in [2.75, 3.05) is 0 Å². The molecule has 27 heavy (non-hydrogen) atoms. The van der Waals surface area contributed by atoms with Gasteiger partial charge in [0.15, 0.2) is 5.78 Å². The van der Waals surface area contributed by atoms with E-state index in [4.69, 9.17) is 4.42 Å². The predicted molar refractivity (Wildman–Crippen MR) is 98.6 cm³/mol. The van der Waals surface area contributed by atoms with Crippen LogP contribution in [0.4, 0.5) is 0 Å². The molecule has 0 bridgehead atoms. The van der Waals surface area contributed by atoms with Crippen LogP contribution in [-0.2, 0) is 12.8 Å². The number of hydrogen-bond donors (Lipinski definition) is 2. The molecule has 2 N–H and O–H groups in total. The van der Waals surface area contributed by atoms with Crippen LogP contribution in [0.5, 0.6) is 0 Å². The minimum Gasteiger partial charge on any atom is -0.465 e. The number of aryl methyl sites for hydroxylation is 2. The minimum atomic E-state index is -0.303. The molecule has 0 spiro atoms. The van der Waals surface area contributed by atoms with E-state index in [1.807, 2.05) is 18.2 Å². The molecule has 1 amide bonds. The van der Waals surface area contributed by atoms with Gasteiger partial charge in [0.05, 0.1) is 17.2 Å². The average molecular weight is 368 g/mol. The van der Waals surface area contributed by atoms with Gasteiger partial charge in [-0.15, -0.1) is 0 Å². The molecule has 2 aromatic rings. The number of aromatic nitrogens is 1. The smallest absolute Gasteiger partial charge is 0.255 e. The molecule has 0 saturated heterocycles. The van der Waals surface area contributed by atoms with Gasteiger partial charge in [-0.2, -0.15) is 0 Å². The summed E-state index contributed by atoms with van der Waals surface area (Å²) < 4.78 is 5.71. The molecule has 4 rings (SSSR count). The number of aliphatic hydroxyl groups is 1. The van der Waals surface area contributed by atoms with Crippen molar-refractivity contribution in [1.29, 1.82) is 0 Å². The highest BCUT2D eigenvalue weighted by Gasteiger charge is 2.37. The van der Waals surface area contributed by atoms with Crippen molar-refractivity contribution in [1.82, 2.24) is 10.3 Å². The molecular formula is C21H24N2O4. The van der Waals surface area contributed by atoms with Crippen LogP contribution in [0, 0.1) is 12.8 Å². The van der Waals surface area contributed by atoms with Crippen molar-refractivity contribution >= 4 is 11.7 Å². The molecule has 0 aliphatic heterocycles. The summed E-state index contributed by atoms with van der Waals surface area (Å²) >= 11 is 0. The summed E-state index contributed by atoms with van der Waals surface area (Å²) in [5, 5.41) is 12.8. The molecule has 2 aromatic heterocycles. The van der Waals surface area contributed by atoms with Crippen molar-refractivity contribution in [3.05, 3.63) is 52.7 Å². The summed E-state index contributed by atoms with van der Waals surface area (Å²) in [5.74, 6) is 1.05. The Bertz CT molecular complexity index is 853. The standard InChI is InChI=1S/C21H24N2O4/c1-12-19(20-17(25)6-4-7-18(20)27-12)21(26)23-16(13-9-15(24)10-13)11-14-5-2-3-8-22-14/h2-3,5,8,13,15-16,24H,4,6-7,9-11H2,1H3,(H,23,26)/t13?,15?,16-/m1/s1. The number of amides is 1. The number of fused-ring (bicyclic) bond motifs is 1. The zero-order valence-electron chi connectivity index (χ0n) is 15.4. The minimum absolute atomic E-state index is 0.0152. The molecule has 0 radical (unpaired) electrons. The van der Waals surface area contributed by atoms with Crippen LogP contribution in [0.25, 0.3) is 0 Å². The Kier molecular flexibility index (Phi) is 4.83. The van der Waals surface area contributed by atoms with Crippen LogP contribution < -0.4 is 5.32 Å². The second-order valence-corrected chi connectivity index (χ2v) is 7.60. The van der Waals surface area contributed by atoms with E-state index >= 15 is 0 Å². The number of aliphatic hydroxyl groups excluding tert-OH is 1. The number of carbonyl (C=O) groups is 2. The molecule has 2 heterocycles. The van der Waals surface area contributed by atoms with Crippen molar-refractivity contribution in [3.63, 3.8) is 0 Å². The monoisotopic (exact) mass is 368 g/mol. The third-order valence-electron chi connectivity index (χ3n) is 5.66. The summed E-state index contributed by atoms with van der Waals surface area (Å²) in [4.78, 5) is 29.8. The highest BCUT2D eigenvalue weighted by Crippen LogP contribution is 2.33. The van der Waals surface area contributed by atoms with Gasteiger partial charge in [-0.1, -0.05) is 6.07 Å². The van der Waals surface area contributed by atoms with E-state index in [0.29, 0.717) is 54.8 Å². The van der Waals surface area contributed by atoms with Crippen molar-refractivity contribution < 1.29 is 19.1 Å². The van der Waals surface area contributed by atoms with Gasteiger partial charge in [0.1, 0.15) is 11.5 Å². The number of hydrogen-bond acceptors (Lipinski definition) is 5. The lowest BCUT2D eigenvalue weighted by Crippen LogP contribution is -2.48. The van der Waals surface area contributed by atoms with Gasteiger partial charge in [-0.3, -0.25) is 14.6 Å². The number of carbonyl (C=O) groups excluding carboxylic acids is 2. The molecule has 0 unspecified atom stereocenters. The first-order valence-electron chi connectivity index (χ1n) is 9.57. The maximum Gasteiger partial charge on any atom is 0.255 e. The molecular weight excluding hydrogens is 344 g/mol. The molecule has 142 valence electrons. The van der Waals surface area contributed by atoms with E-state index in [-0.39, 0.29) is 29.8 Å². The van der Waals surface area contributed by atoms with Crippen LogP contribution in [0.15, 0.2) is 28.8 Å². The van der Waals surface area contributed by atoms with Crippen molar-refractivity contribution in [2.45, 2.75) is 57.6 Å². The van der Waals surface area contributed by atoms with Crippen LogP contribution in [0.2, 0.25) is 0 Å². The van der Waals surface area contributed by atoms with E-state index in [1.54, 1.807) is 13.1 Å². The third-order valence-corrected chi connectivity index (χ3v) is 5.66. The molecule has 6 nitrogen and oxygen atoms in total. The van der Waals surface area contributed by atoms with E-state index in [2.05, 4.69) is 10.3 Å². The van der Waals surface area contributed by atoms with E-state index in [1.165, 1.54) is 0 Å². The molecule has 0 aromatic carbocycles. The van der Waals surface area contributed by atoms with Crippen LogP contribution in [0.3, 0.4) is 0 Å². The quantitative estimate of drug-likeness (QED) is 0.846. The molecule has 6 heteroatoms. The van der Waals surface area contributed by atoms with Crippen LogP contribution in [-0.4, -0.2) is 33.9 Å². The fraction of sp³-hybridized carbons (Fsp3) is 0.476. The molecule has 1 saturated carbocycles. The lowest BCUT2D eigenvalue weighted by atomic mass is 9.75. The third kappa shape index (κ3) is 3.54. The Morgan fingerprint density at radius 1 is 1.37 bits per heavy atom. The van der Waals surface area contributed by atoms with Crippen molar-refractivity contribution in [3.8, 4) is 0 Å². The Balaban J connectivity index is 1.57. The zero-order chi connectivity index (χ0) is 19.0. The molecule has 1 atom stereocenters. The van der Waals surface area contributed by atoms with Gasteiger partial charge in [-0.05, 0) is 44.2 Å². The van der Waals surface area contributed by atoms with Crippen molar-refractivity contribution in [2.24, 2.45) is 5.92 Å². The number of nitrogens with zero attached hydrogens (tertiary/aromatic N) is 1. The predicted octanol–water partition coefficient (Wildman–Crippen LogP) is 2.61. The highest BCUT2D eigenvalue weighted by atomic mass is 16.3. The molecule has 1 fully saturated rings. The summed E-state index contributed by atoms with van der Waals surface area (Å²) in [5.41, 5.74) is 1.73. The van der Waals surface area contributed by atoms with Gasteiger partial charge < -0.3 is 14.8 Å². The first-order chi connectivity index (χ1) is 13.0. The summed E-state index contributed by atoms with van der Waals surface area (Å²) in [6, 6.07) is 5.57. The topological polar surface area (TPSA) is 92.4 Å². The molecule has 2 aliphatic carbocycles. The Morgan fingerprint density at radius 3 is 2.89 bits per heavy atom. The van der Waals surface area contributed by atoms with Crippen LogP contribution in [0.1, 0.15) is 63.6 Å². The van der Waals surface area contributed by atoms with Gasteiger partial charge >= 0.3 is 0 Å². The van der Waals surface area contributed by atoms with E-state index in [9.17, 15) is 14.7 Å². The first-order valence-corrected chi connectivity index (χ1v) is 9.57. The van der Waals surface area contributed by atoms with Crippen LogP contribution >= 0.6 is 0 Å². The van der Waals surface area contributed by atoms with E-state index in [0.717, 1.165) is 12.1 Å². The summed E-state index contributed by atoms with van der Waals surface area (Å²) in [7, 11) is 0. The second kappa shape index (κ2) is 7.27. The highest BCUT2D eigenvalue weighted by molar-refractivity contribution is 6.10. The number of pyridine rings is 1. The molecule has 2 aliphatic rings. The lowest BCUT2D eigenvalue weighted by Gasteiger charge is -2.38. The maximum atomic E-state index is 13.1. The fourth-order valence-electron chi connectivity index (χ4n) is 4.16. The normalized spacial score (nSPS) is 22.7. The number of Topliss-reactive ketones (excluding diaryl/α,β-unsaturated/α-hetero) is 1. The number of ketones is 1. The number of furan rings is 1. The summed E-state index contributed by atoms with van der Waals surface area (Å²) in [6.07, 6.45) is 5.28. The Hall–Kier alpha value is -2.47. The SMILES string of the molecule is Cc1oc2c(c1C(=O)N[C@H](Cc1ccccn1)C1CC(O)C1)C(=O)CCC2. The van der Waals surface area contributed by atoms with Gasteiger partial charge in [0, 0.05) is 37.2 Å². The van der Waals surface area contributed by atoms with Gasteiger partial charge in [0.25, 0.3) is 5.91 Å². The Morgan fingerprint density at radius 2 is 2.19 bits per heavy atom. The van der Waals surface area contributed by atoms with E-state index < -0.39 is 0 Å². The zero-order valence-corrected chi connectivity index (χ0v) is 15.4. The lowest BCUT2D eigenvalue weighted by molar-refractivity contribution is 0.0237. The largest absolute Gasteiger partial charge is 0.465 e. The second-order valence-electron chi connectivity index (χ2n) is 7.60. The van der Waals surface area contributed by atoms with Gasteiger partial charge in [-0.25, -0.2) is 0 Å².